The second kappa shape index (κ2) is 4.75. The first kappa shape index (κ1) is 9.04. The van der Waals surface area contributed by atoms with Gasteiger partial charge in [-0.15, -0.1) is 0 Å². The Balaban J connectivity index is 2.31. The molecule has 1 rings (SSSR count). The van der Waals surface area contributed by atoms with E-state index in [0.717, 1.165) is 19.5 Å². The van der Waals surface area contributed by atoms with Crippen molar-refractivity contribution < 1.29 is 5.11 Å². The highest BCUT2D eigenvalue weighted by molar-refractivity contribution is 6.25. The molecule has 0 spiro atoms. The van der Waals surface area contributed by atoms with Gasteiger partial charge in [-0.25, -0.2) is 0 Å². The zero-order valence-corrected chi connectivity index (χ0v) is 7.30. The molecule has 0 aromatic carbocycles. The van der Waals surface area contributed by atoms with E-state index in [0.29, 0.717) is 6.04 Å². The Kier molecular flexibility index (Phi) is 3.91. The van der Waals surface area contributed by atoms with Gasteiger partial charge in [-0.1, -0.05) is 17.7 Å². The van der Waals surface area contributed by atoms with E-state index in [9.17, 15) is 0 Å². The van der Waals surface area contributed by atoms with Crippen molar-refractivity contribution in [1.29, 1.82) is 0 Å². The molecule has 0 aromatic heterocycles. The van der Waals surface area contributed by atoms with E-state index in [4.69, 9.17) is 16.7 Å². The smallest absolute Gasteiger partial charge is 0.0587 e. The summed E-state index contributed by atoms with van der Waals surface area (Å²) in [6.45, 7) is 2.23. The fourth-order valence-electron chi connectivity index (χ4n) is 1.52. The lowest BCUT2D eigenvalue weighted by molar-refractivity contribution is 0.170. The monoisotopic (exact) mass is 175 g/mol. The van der Waals surface area contributed by atoms with Crippen LogP contribution in [0.3, 0.4) is 0 Å². The third-order valence-electron chi connectivity index (χ3n) is 2.14. The lowest BCUT2D eigenvalue weighted by atomic mass is 10.2. The van der Waals surface area contributed by atoms with Crippen molar-refractivity contribution in [2.24, 2.45) is 0 Å². The summed E-state index contributed by atoms with van der Waals surface area (Å²) in [7, 11) is 0. The van der Waals surface area contributed by atoms with Crippen LogP contribution in [0.5, 0.6) is 0 Å². The molecule has 1 N–H and O–H groups in total. The minimum absolute atomic E-state index is 0.274. The van der Waals surface area contributed by atoms with E-state index in [2.05, 4.69) is 4.90 Å². The number of aliphatic hydroxyl groups excluding tert-OH is 1. The third-order valence-corrected chi connectivity index (χ3v) is 2.32. The predicted molar refractivity (Wildman–Crippen MR) is 46.7 cm³/mol. The molecule has 2 nitrogen and oxygen atoms in total. The van der Waals surface area contributed by atoms with Gasteiger partial charge in [0, 0.05) is 18.1 Å². The summed E-state index contributed by atoms with van der Waals surface area (Å²) < 4.78 is 0. The average Bonchev–Trinajstić information content (AvgIpc) is 2.47. The standard InChI is InChI=1S/C8H14ClNO/c9-4-2-6-10-5-1-3-8(10)7-11/h2,4,8,11H,1,3,5-7H2/t8-/m1/s1. The van der Waals surface area contributed by atoms with Gasteiger partial charge in [0.05, 0.1) is 6.61 Å². The number of hydrogen-bond acceptors (Lipinski definition) is 2. The van der Waals surface area contributed by atoms with Crippen molar-refractivity contribution in [2.45, 2.75) is 18.9 Å². The van der Waals surface area contributed by atoms with Crippen molar-refractivity contribution in [3.05, 3.63) is 11.6 Å². The summed E-state index contributed by atoms with van der Waals surface area (Å²) in [5, 5.41) is 8.94. The molecule has 1 fully saturated rings. The predicted octanol–water partition coefficient (Wildman–Crippen LogP) is 1.20. The molecule has 1 aliphatic heterocycles. The lowest BCUT2D eigenvalue weighted by Gasteiger charge is -2.20. The molecule has 1 saturated heterocycles. The maximum absolute atomic E-state index is 8.94. The maximum Gasteiger partial charge on any atom is 0.0587 e. The number of nitrogens with zero attached hydrogens (tertiary/aromatic N) is 1. The summed E-state index contributed by atoms with van der Waals surface area (Å²) in [5.41, 5.74) is 1.53. The number of likely N-dealkylation sites (tertiary alicyclic amines) is 1. The number of aliphatic hydroxyl groups is 1. The molecule has 0 aliphatic carbocycles. The average molecular weight is 176 g/mol. The highest BCUT2D eigenvalue weighted by Crippen LogP contribution is 2.15. The van der Waals surface area contributed by atoms with E-state index < -0.39 is 0 Å². The first-order chi connectivity index (χ1) is 5.38. The minimum Gasteiger partial charge on any atom is -0.395 e. The van der Waals surface area contributed by atoms with Crippen LogP contribution in [0.2, 0.25) is 0 Å². The molecule has 3 heteroatoms. The van der Waals surface area contributed by atoms with Crippen LogP contribution in [0.1, 0.15) is 12.8 Å². The zero-order chi connectivity index (χ0) is 8.10. The molecule has 0 bridgehead atoms. The van der Waals surface area contributed by atoms with Crippen LogP contribution < -0.4 is 0 Å². The van der Waals surface area contributed by atoms with Gasteiger partial charge in [-0.3, -0.25) is 4.90 Å². The maximum atomic E-state index is 8.94. The molecular formula is C8H14ClNO. The van der Waals surface area contributed by atoms with Gasteiger partial charge in [0.15, 0.2) is 0 Å². The molecule has 1 atom stereocenters. The van der Waals surface area contributed by atoms with Crippen molar-refractivity contribution >= 4 is 11.6 Å². The van der Waals surface area contributed by atoms with Crippen molar-refractivity contribution in [3.63, 3.8) is 0 Å². The van der Waals surface area contributed by atoms with Crippen LogP contribution in [-0.4, -0.2) is 35.7 Å². The topological polar surface area (TPSA) is 23.5 Å². The third kappa shape index (κ3) is 2.47. The van der Waals surface area contributed by atoms with Crippen molar-refractivity contribution in [2.75, 3.05) is 19.7 Å². The van der Waals surface area contributed by atoms with Gasteiger partial charge in [0.1, 0.15) is 0 Å². The van der Waals surface area contributed by atoms with Crippen LogP contribution in [0.4, 0.5) is 0 Å². The Morgan fingerprint density at radius 2 is 2.45 bits per heavy atom. The summed E-state index contributed by atoms with van der Waals surface area (Å²) in [6, 6.07) is 0.364. The van der Waals surface area contributed by atoms with Crippen LogP contribution >= 0.6 is 11.6 Å². The van der Waals surface area contributed by atoms with Crippen LogP contribution in [-0.2, 0) is 0 Å². The molecule has 11 heavy (non-hydrogen) atoms. The Labute approximate surface area is 72.5 Å². The van der Waals surface area contributed by atoms with E-state index in [-0.39, 0.29) is 6.61 Å². The molecule has 0 radical (unpaired) electrons. The van der Waals surface area contributed by atoms with Crippen LogP contribution in [0.15, 0.2) is 11.6 Å². The van der Waals surface area contributed by atoms with Gasteiger partial charge in [-0.05, 0) is 19.4 Å². The van der Waals surface area contributed by atoms with Gasteiger partial charge in [-0.2, -0.15) is 0 Å². The summed E-state index contributed by atoms with van der Waals surface area (Å²) in [6.07, 6.45) is 4.23. The first-order valence-electron chi connectivity index (χ1n) is 3.98. The lowest BCUT2D eigenvalue weighted by Crippen LogP contribution is -2.32. The Hall–Kier alpha value is -0.0500. The molecule has 0 saturated carbocycles. The fraction of sp³-hybridized carbons (Fsp3) is 0.750. The highest BCUT2D eigenvalue weighted by atomic mass is 35.5. The quantitative estimate of drug-likeness (QED) is 0.697. The molecular weight excluding hydrogens is 162 g/mol. The second-order valence-electron chi connectivity index (χ2n) is 2.84. The van der Waals surface area contributed by atoms with Crippen molar-refractivity contribution in [1.82, 2.24) is 4.90 Å². The molecule has 0 aromatic rings. The Morgan fingerprint density at radius 1 is 1.64 bits per heavy atom. The number of rotatable bonds is 3. The zero-order valence-electron chi connectivity index (χ0n) is 6.54. The largest absolute Gasteiger partial charge is 0.395 e. The van der Waals surface area contributed by atoms with Gasteiger partial charge in [0.2, 0.25) is 0 Å². The number of halogens is 1. The SMILES string of the molecule is OC[C@H]1CCCN1CC=CCl. The fourth-order valence-corrected chi connectivity index (χ4v) is 1.60. The Bertz CT molecular complexity index is 138. The molecule has 1 aliphatic rings. The van der Waals surface area contributed by atoms with Crippen LogP contribution in [0.25, 0.3) is 0 Å². The molecule has 1 heterocycles. The molecule has 0 unspecified atom stereocenters. The minimum atomic E-state index is 0.274. The number of hydrogen-bond donors (Lipinski definition) is 1. The molecule has 0 amide bonds. The first-order valence-corrected chi connectivity index (χ1v) is 4.42. The normalized spacial score (nSPS) is 26.9. The van der Waals surface area contributed by atoms with E-state index in [1.54, 1.807) is 0 Å². The van der Waals surface area contributed by atoms with E-state index in [1.807, 2.05) is 6.08 Å². The summed E-state index contributed by atoms with van der Waals surface area (Å²) in [4.78, 5) is 2.25. The molecule has 64 valence electrons. The van der Waals surface area contributed by atoms with Gasteiger partial charge in [0.25, 0.3) is 0 Å². The van der Waals surface area contributed by atoms with E-state index >= 15 is 0 Å². The summed E-state index contributed by atoms with van der Waals surface area (Å²) in [5.74, 6) is 0. The van der Waals surface area contributed by atoms with Gasteiger partial charge < -0.3 is 5.11 Å². The van der Waals surface area contributed by atoms with Crippen LogP contribution in [0, 0.1) is 0 Å². The van der Waals surface area contributed by atoms with Gasteiger partial charge >= 0.3 is 0 Å². The Morgan fingerprint density at radius 3 is 3.09 bits per heavy atom. The summed E-state index contributed by atoms with van der Waals surface area (Å²) >= 11 is 5.40. The van der Waals surface area contributed by atoms with E-state index in [1.165, 1.54) is 12.0 Å². The van der Waals surface area contributed by atoms with Crippen molar-refractivity contribution in [3.8, 4) is 0 Å². The highest BCUT2D eigenvalue weighted by Gasteiger charge is 2.21. The second-order valence-corrected chi connectivity index (χ2v) is 3.09.